The van der Waals surface area contributed by atoms with Gasteiger partial charge in [-0.3, -0.25) is 4.79 Å². The first-order chi connectivity index (χ1) is 14.5. The summed E-state index contributed by atoms with van der Waals surface area (Å²) in [7, 11) is 1.52. The molecule has 0 aliphatic rings. The molecule has 4 aromatic rings. The van der Waals surface area contributed by atoms with E-state index in [2.05, 4.69) is 15.5 Å². The lowest BCUT2D eigenvalue weighted by Crippen LogP contribution is -2.29. The number of methoxy groups -OCH3 is 1. The van der Waals surface area contributed by atoms with Crippen LogP contribution in [0.25, 0.3) is 5.65 Å². The molecule has 0 spiro atoms. The quantitative estimate of drug-likeness (QED) is 0.515. The normalized spacial score (nSPS) is 10.9. The summed E-state index contributed by atoms with van der Waals surface area (Å²) < 4.78 is 7.51. The van der Waals surface area contributed by atoms with E-state index in [9.17, 15) is 9.59 Å². The highest BCUT2D eigenvalue weighted by Gasteiger charge is 2.14. The van der Waals surface area contributed by atoms with E-state index in [0.29, 0.717) is 22.1 Å². The fraction of sp³-hybridized carbons (Fsp3) is 0.143. The number of fused-ring (bicyclic) bond motifs is 1. The van der Waals surface area contributed by atoms with Crippen molar-refractivity contribution in [2.75, 3.05) is 12.4 Å². The van der Waals surface area contributed by atoms with E-state index in [1.54, 1.807) is 36.4 Å². The van der Waals surface area contributed by atoms with Gasteiger partial charge in [0.15, 0.2) is 5.65 Å². The van der Waals surface area contributed by atoms with Gasteiger partial charge in [-0.05, 0) is 43.3 Å². The molecule has 1 N–H and O–H groups in total. The molecule has 8 nitrogen and oxygen atoms in total. The summed E-state index contributed by atoms with van der Waals surface area (Å²) >= 11 is 1.45. The van der Waals surface area contributed by atoms with E-state index in [4.69, 9.17) is 4.74 Å². The number of benzene rings is 2. The second kappa shape index (κ2) is 8.42. The molecule has 2 aromatic heterocycles. The lowest BCUT2D eigenvalue weighted by Gasteiger charge is -2.09. The van der Waals surface area contributed by atoms with E-state index in [-0.39, 0.29) is 12.5 Å². The van der Waals surface area contributed by atoms with Crippen LogP contribution in [0.4, 0.5) is 5.69 Å². The first kappa shape index (κ1) is 19.7. The largest absolute Gasteiger partial charge is 0.495 e. The van der Waals surface area contributed by atoms with E-state index in [0.717, 1.165) is 9.58 Å². The maximum absolute atomic E-state index is 12.7. The molecule has 152 valence electrons. The lowest BCUT2D eigenvalue weighted by molar-refractivity contribution is -0.117. The van der Waals surface area contributed by atoms with Crippen LogP contribution in [0.15, 0.2) is 75.4 Å². The fourth-order valence-electron chi connectivity index (χ4n) is 2.85. The number of rotatable bonds is 6. The van der Waals surface area contributed by atoms with Crippen molar-refractivity contribution in [2.45, 2.75) is 23.4 Å². The molecule has 0 saturated heterocycles. The molecule has 0 fully saturated rings. The molecular weight excluding hydrogens is 402 g/mol. The molecule has 0 saturated carbocycles. The Labute approximate surface area is 176 Å². The van der Waals surface area contributed by atoms with Crippen molar-refractivity contribution in [2.24, 2.45) is 0 Å². The Kier molecular flexibility index (Phi) is 5.53. The molecule has 4 rings (SSSR count). The molecule has 2 heterocycles. The molecule has 0 aliphatic carbocycles. The zero-order chi connectivity index (χ0) is 21.1. The maximum atomic E-state index is 12.7. The minimum absolute atomic E-state index is 0.235. The number of hydrogen-bond acceptors (Lipinski definition) is 6. The van der Waals surface area contributed by atoms with Gasteiger partial charge in [-0.15, -0.1) is 5.10 Å². The van der Waals surface area contributed by atoms with Gasteiger partial charge >= 0.3 is 5.69 Å². The van der Waals surface area contributed by atoms with Crippen LogP contribution in [-0.4, -0.2) is 32.4 Å². The maximum Gasteiger partial charge on any atom is 0.367 e. The smallest absolute Gasteiger partial charge is 0.367 e. The van der Waals surface area contributed by atoms with Crippen molar-refractivity contribution < 1.29 is 9.53 Å². The number of nitrogens with zero attached hydrogens (tertiary/aromatic N) is 4. The highest BCUT2D eigenvalue weighted by molar-refractivity contribution is 7.99. The average Bonchev–Trinajstić information content (AvgIpc) is 3.05. The third-order valence-corrected chi connectivity index (χ3v) is 5.27. The van der Waals surface area contributed by atoms with Gasteiger partial charge in [0, 0.05) is 4.90 Å². The molecule has 0 bridgehead atoms. The van der Waals surface area contributed by atoms with Crippen molar-refractivity contribution >= 4 is 29.0 Å². The predicted octanol–water partition coefficient (Wildman–Crippen LogP) is 3.00. The predicted molar refractivity (Wildman–Crippen MR) is 114 cm³/mol. The summed E-state index contributed by atoms with van der Waals surface area (Å²) in [5, 5.41) is 12.0. The van der Waals surface area contributed by atoms with Gasteiger partial charge in [0.1, 0.15) is 17.3 Å². The summed E-state index contributed by atoms with van der Waals surface area (Å²) in [6, 6.07) is 18.6. The van der Waals surface area contributed by atoms with Crippen molar-refractivity contribution in [1.82, 2.24) is 19.4 Å². The monoisotopic (exact) mass is 421 g/mol. The van der Waals surface area contributed by atoms with Crippen LogP contribution in [0.5, 0.6) is 5.75 Å². The highest BCUT2D eigenvalue weighted by atomic mass is 32.2. The number of hydrogen-bond donors (Lipinski definition) is 1. The van der Waals surface area contributed by atoms with Gasteiger partial charge in [0.25, 0.3) is 0 Å². The molecule has 2 aromatic carbocycles. The van der Waals surface area contributed by atoms with Crippen LogP contribution >= 0.6 is 11.8 Å². The number of para-hydroxylation sites is 2. The molecule has 9 heteroatoms. The fourth-order valence-corrected chi connectivity index (χ4v) is 3.62. The average molecular weight is 421 g/mol. The second-order valence-corrected chi connectivity index (χ2v) is 7.64. The second-order valence-electron chi connectivity index (χ2n) is 6.55. The standard InChI is InChI=1S/C21H19N5O3S/c1-14-7-9-15(10-8-14)30-20-12-11-18-23-25(21(28)26(18)24-20)13-19(27)22-16-5-3-4-6-17(16)29-2/h3-12H,13H2,1-2H3,(H,22,27). The molecule has 0 atom stereocenters. The van der Waals surface area contributed by atoms with Gasteiger partial charge in [-0.2, -0.15) is 9.61 Å². The summed E-state index contributed by atoms with van der Waals surface area (Å²) in [4.78, 5) is 26.1. The zero-order valence-corrected chi connectivity index (χ0v) is 17.2. The third kappa shape index (κ3) is 4.20. The van der Waals surface area contributed by atoms with Crippen molar-refractivity contribution in [3.8, 4) is 5.75 Å². The van der Waals surface area contributed by atoms with E-state index in [1.807, 2.05) is 31.2 Å². The Morgan fingerprint density at radius 2 is 1.83 bits per heavy atom. The SMILES string of the molecule is COc1ccccc1NC(=O)Cn1nc2ccc(Sc3ccc(C)cc3)nn2c1=O. The number of amides is 1. The van der Waals surface area contributed by atoms with Crippen LogP contribution in [-0.2, 0) is 11.3 Å². The number of carbonyl (C=O) groups is 1. The van der Waals surface area contributed by atoms with Crippen molar-refractivity contribution in [3.05, 3.63) is 76.7 Å². The van der Waals surface area contributed by atoms with Gasteiger partial charge in [0.05, 0.1) is 12.8 Å². The van der Waals surface area contributed by atoms with E-state index in [1.165, 1.54) is 29.0 Å². The first-order valence-corrected chi connectivity index (χ1v) is 9.99. The molecule has 30 heavy (non-hydrogen) atoms. The molecule has 0 unspecified atom stereocenters. The van der Waals surface area contributed by atoms with E-state index >= 15 is 0 Å². The van der Waals surface area contributed by atoms with Crippen LogP contribution in [0.1, 0.15) is 5.56 Å². The minimum atomic E-state index is -0.480. The number of aromatic nitrogens is 4. The Morgan fingerprint density at radius 1 is 1.07 bits per heavy atom. The number of anilines is 1. The van der Waals surface area contributed by atoms with Gasteiger partial charge in [-0.25, -0.2) is 9.48 Å². The van der Waals surface area contributed by atoms with Crippen LogP contribution in [0.3, 0.4) is 0 Å². The van der Waals surface area contributed by atoms with Crippen LogP contribution in [0, 0.1) is 6.92 Å². The Morgan fingerprint density at radius 3 is 2.60 bits per heavy atom. The highest BCUT2D eigenvalue weighted by Crippen LogP contribution is 2.26. The summed E-state index contributed by atoms with van der Waals surface area (Å²) in [6.07, 6.45) is 0. The first-order valence-electron chi connectivity index (χ1n) is 9.18. The van der Waals surface area contributed by atoms with E-state index < -0.39 is 5.69 Å². The molecular formula is C21H19N5O3S. The van der Waals surface area contributed by atoms with Crippen molar-refractivity contribution in [3.63, 3.8) is 0 Å². The van der Waals surface area contributed by atoms with Crippen molar-refractivity contribution in [1.29, 1.82) is 0 Å². The summed E-state index contributed by atoms with van der Waals surface area (Å²) in [5.41, 5.74) is 1.59. The zero-order valence-electron chi connectivity index (χ0n) is 16.4. The van der Waals surface area contributed by atoms with Gasteiger partial charge in [0.2, 0.25) is 5.91 Å². The molecule has 1 amide bonds. The number of carbonyl (C=O) groups excluding carboxylic acids is 1. The summed E-state index contributed by atoms with van der Waals surface area (Å²) in [6.45, 7) is 1.79. The Balaban J connectivity index is 1.53. The topological polar surface area (TPSA) is 90.5 Å². The Hall–Kier alpha value is -3.59. The molecule has 0 radical (unpaired) electrons. The van der Waals surface area contributed by atoms with Gasteiger partial charge in [-0.1, -0.05) is 41.6 Å². The van der Waals surface area contributed by atoms with Gasteiger partial charge < -0.3 is 10.1 Å². The van der Waals surface area contributed by atoms with Crippen LogP contribution < -0.4 is 15.7 Å². The summed E-state index contributed by atoms with van der Waals surface area (Å²) in [5.74, 6) is 0.145. The number of ether oxygens (including phenoxy) is 1. The lowest BCUT2D eigenvalue weighted by atomic mass is 10.2. The number of aryl methyl sites for hydroxylation is 1. The third-order valence-electron chi connectivity index (χ3n) is 4.33. The molecule has 0 aliphatic heterocycles. The minimum Gasteiger partial charge on any atom is -0.495 e. The number of nitrogens with one attached hydrogen (secondary N) is 1. The Bertz CT molecular complexity index is 1260. The van der Waals surface area contributed by atoms with Crippen LogP contribution in [0.2, 0.25) is 0 Å².